The van der Waals surface area contributed by atoms with Crippen LogP contribution in [0, 0.1) is 12.8 Å². The van der Waals surface area contributed by atoms with Crippen LogP contribution in [0.4, 0.5) is 11.5 Å². The van der Waals surface area contributed by atoms with Crippen LogP contribution >= 0.6 is 11.6 Å². The lowest BCUT2D eigenvalue weighted by Gasteiger charge is -2.32. The molecule has 1 N–H and O–H groups in total. The van der Waals surface area contributed by atoms with Crippen LogP contribution in [0.5, 0.6) is 5.75 Å². The predicted molar refractivity (Wildman–Crippen MR) is 98.3 cm³/mol. The molecule has 2 heterocycles. The number of nitrogens with zero attached hydrogens (tertiary/aromatic N) is 3. The Labute approximate surface area is 152 Å². The highest BCUT2D eigenvalue weighted by atomic mass is 35.5. The number of hydrogen-bond donors (Lipinski definition) is 1. The maximum absolute atomic E-state index is 12.7. The lowest BCUT2D eigenvalue weighted by Crippen LogP contribution is -2.41. The zero-order valence-electron chi connectivity index (χ0n) is 14.3. The minimum absolute atomic E-state index is 0.0367. The van der Waals surface area contributed by atoms with Gasteiger partial charge in [-0.15, -0.1) is 5.10 Å². The molecule has 1 amide bonds. The minimum atomic E-state index is -0.124. The van der Waals surface area contributed by atoms with Crippen molar-refractivity contribution in [1.29, 1.82) is 0 Å². The van der Waals surface area contributed by atoms with Crippen molar-refractivity contribution in [3.05, 3.63) is 41.0 Å². The van der Waals surface area contributed by atoms with Gasteiger partial charge in [0, 0.05) is 18.1 Å². The number of aryl methyl sites for hydroxylation is 1. The molecule has 6 nitrogen and oxygen atoms in total. The fraction of sp³-hybridized carbons (Fsp3) is 0.389. The number of benzene rings is 1. The van der Waals surface area contributed by atoms with Gasteiger partial charge in [0.1, 0.15) is 5.75 Å². The summed E-state index contributed by atoms with van der Waals surface area (Å²) in [4.78, 5) is 14.8. The summed E-state index contributed by atoms with van der Waals surface area (Å²) >= 11 is 6.03. The van der Waals surface area contributed by atoms with Crippen molar-refractivity contribution in [2.45, 2.75) is 19.8 Å². The topological polar surface area (TPSA) is 67.3 Å². The molecule has 1 fully saturated rings. The maximum atomic E-state index is 12.7. The molecule has 1 aromatic carbocycles. The van der Waals surface area contributed by atoms with Crippen molar-refractivity contribution in [2.24, 2.45) is 5.92 Å². The Kier molecular flexibility index (Phi) is 5.38. The molecule has 132 valence electrons. The Morgan fingerprint density at radius 3 is 2.88 bits per heavy atom. The van der Waals surface area contributed by atoms with Gasteiger partial charge in [0.15, 0.2) is 5.82 Å². The summed E-state index contributed by atoms with van der Waals surface area (Å²) in [6.07, 6.45) is 1.77. The molecule has 7 heteroatoms. The van der Waals surface area contributed by atoms with Crippen LogP contribution in [0.1, 0.15) is 18.5 Å². The number of amides is 1. The van der Waals surface area contributed by atoms with Crippen molar-refractivity contribution < 1.29 is 9.53 Å². The van der Waals surface area contributed by atoms with E-state index in [4.69, 9.17) is 16.3 Å². The van der Waals surface area contributed by atoms with Crippen LogP contribution in [0.2, 0.25) is 5.02 Å². The Morgan fingerprint density at radius 2 is 2.16 bits per heavy atom. The lowest BCUT2D eigenvalue weighted by molar-refractivity contribution is -0.120. The van der Waals surface area contributed by atoms with Gasteiger partial charge in [-0.2, -0.15) is 5.10 Å². The number of piperidine rings is 1. The van der Waals surface area contributed by atoms with Crippen molar-refractivity contribution in [3.63, 3.8) is 0 Å². The standard InChI is InChI=1S/C18H21ClN4O2/c1-12-5-8-17(22-21-12)23-9-3-4-13(11-23)18(24)20-15-10-14(19)6-7-16(15)25-2/h5-8,10,13H,3-4,9,11H2,1-2H3,(H,20,24). The van der Waals surface area contributed by atoms with Gasteiger partial charge in [-0.05, 0) is 50.1 Å². The average Bonchev–Trinajstić information content (AvgIpc) is 2.62. The molecule has 0 aliphatic carbocycles. The van der Waals surface area contributed by atoms with Gasteiger partial charge < -0.3 is 15.0 Å². The number of aromatic nitrogens is 2. The summed E-state index contributed by atoms with van der Waals surface area (Å²) in [6, 6.07) is 9.05. The van der Waals surface area contributed by atoms with E-state index in [1.54, 1.807) is 25.3 Å². The predicted octanol–water partition coefficient (Wildman–Crippen LogP) is 3.30. The summed E-state index contributed by atoms with van der Waals surface area (Å²) in [7, 11) is 1.57. The highest BCUT2D eigenvalue weighted by molar-refractivity contribution is 6.31. The fourth-order valence-electron chi connectivity index (χ4n) is 2.97. The monoisotopic (exact) mass is 360 g/mol. The van der Waals surface area contributed by atoms with Gasteiger partial charge in [0.2, 0.25) is 5.91 Å². The van der Waals surface area contributed by atoms with Gasteiger partial charge in [-0.1, -0.05) is 11.6 Å². The number of hydrogen-bond acceptors (Lipinski definition) is 5. The van der Waals surface area contributed by atoms with E-state index in [0.29, 0.717) is 23.0 Å². The Balaban J connectivity index is 1.70. The minimum Gasteiger partial charge on any atom is -0.495 e. The Hall–Kier alpha value is -2.34. The molecule has 0 saturated carbocycles. The van der Waals surface area contributed by atoms with E-state index in [9.17, 15) is 4.79 Å². The molecule has 1 atom stereocenters. The van der Waals surface area contributed by atoms with Gasteiger partial charge >= 0.3 is 0 Å². The number of rotatable bonds is 4. The fourth-order valence-corrected chi connectivity index (χ4v) is 3.14. The van der Waals surface area contributed by atoms with E-state index >= 15 is 0 Å². The first kappa shape index (κ1) is 17.5. The molecule has 0 radical (unpaired) electrons. The van der Waals surface area contributed by atoms with Crippen LogP contribution in [0.25, 0.3) is 0 Å². The summed E-state index contributed by atoms with van der Waals surface area (Å²) < 4.78 is 5.29. The van der Waals surface area contributed by atoms with Crippen molar-refractivity contribution in [1.82, 2.24) is 10.2 Å². The first-order valence-corrected chi connectivity index (χ1v) is 8.64. The van der Waals surface area contributed by atoms with E-state index in [1.165, 1.54) is 0 Å². The summed E-state index contributed by atoms with van der Waals surface area (Å²) in [5, 5.41) is 11.8. The number of carbonyl (C=O) groups excluding carboxylic acids is 1. The van der Waals surface area contributed by atoms with Crippen LogP contribution < -0.4 is 15.0 Å². The van der Waals surface area contributed by atoms with Crippen molar-refractivity contribution in [3.8, 4) is 5.75 Å². The smallest absolute Gasteiger partial charge is 0.229 e. The summed E-state index contributed by atoms with van der Waals surface area (Å²) in [5.74, 6) is 1.24. The maximum Gasteiger partial charge on any atom is 0.229 e. The van der Waals surface area contributed by atoms with Crippen LogP contribution in [-0.2, 0) is 4.79 Å². The van der Waals surface area contributed by atoms with Gasteiger partial charge in [0.05, 0.1) is 24.4 Å². The summed E-state index contributed by atoms with van der Waals surface area (Å²) in [6.45, 7) is 3.40. The number of halogens is 1. The Bertz CT molecular complexity index is 751. The second-order valence-corrected chi connectivity index (χ2v) is 6.59. The molecular formula is C18H21ClN4O2. The lowest BCUT2D eigenvalue weighted by atomic mass is 9.97. The number of anilines is 2. The van der Waals surface area contributed by atoms with E-state index in [-0.39, 0.29) is 11.8 Å². The van der Waals surface area contributed by atoms with Gasteiger partial charge in [-0.3, -0.25) is 4.79 Å². The SMILES string of the molecule is COc1ccc(Cl)cc1NC(=O)C1CCCN(c2ccc(C)nn2)C1. The quantitative estimate of drug-likeness (QED) is 0.906. The van der Waals surface area contributed by atoms with E-state index < -0.39 is 0 Å². The molecular weight excluding hydrogens is 340 g/mol. The van der Waals surface area contributed by atoms with Crippen LogP contribution in [-0.4, -0.2) is 36.3 Å². The van der Waals surface area contributed by atoms with E-state index in [0.717, 1.165) is 30.9 Å². The molecule has 1 unspecified atom stereocenters. The number of ether oxygens (including phenoxy) is 1. The largest absolute Gasteiger partial charge is 0.495 e. The molecule has 1 aromatic heterocycles. The molecule has 25 heavy (non-hydrogen) atoms. The molecule has 1 saturated heterocycles. The zero-order chi connectivity index (χ0) is 17.8. The third-order valence-corrected chi connectivity index (χ3v) is 4.55. The highest BCUT2D eigenvalue weighted by Crippen LogP contribution is 2.29. The first-order valence-electron chi connectivity index (χ1n) is 8.26. The zero-order valence-corrected chi connectivity index (χ0v) is 15.1. The second kappa shape index (κ2) is 7.70. The number of methoxy groups -OCH3 is 1. The van der Waals surface area contributed by atoms with Gasteiger partial charge in [-0.25, -0.2) is 0 Å². The molecule has 0 bridgehead atoms. The van der Waals surface area contributed by atoms with Crippen molar-refractivity contribution >= 4 is 29.0 Å². The third kappa shape index (κ3) is 4.20. The highest BCUT2D eigenvalue weighted by Gasteiger charge is 2.27. The Morgan fingerprint density at radius 1 is 1.32 bits per heavy atom. The second-order valence-electron chi connectivity index (χ2n) is 6.15. The average molecular weight is 361 g/mol. The number of nitrogens with one attached hydrogen (secondary N) is 1. The molecule has 3 rings (SSSR count). The summed E-state index contributed by atoms with van der Waals surface area (Å²) in [5.41, 5.74) is 1.47. The normalized spacial score (nSPS) is 17.2. The molecule has 1 aliphatic rings. The number of carbonyl (C=O) groups is 1. The first-order chi connectivity index (χ1) is 12.1. The van der Waals surface area contributed by atoms with E-state index in [2.05, 4.69) is 20.4 Å². The molecule has 0 spiro atoms. The molecule has 1 aliphatic heterocycles. The molecule has 2 aromatic rings. The van der Waals surface area contributed by atoms with E-state index in [1.807, 2.05) is 19.1 Å². The van der Waals surface area contributed by atoms with Crippen molar-refractivity contribution in [2.75, 3.05) is 30.4 Å². The van der Waals surface area contributed by atoms with Crippen LogP contribution in [0.15, 0.2) is 30.3 Å². The van der Waals surface area contributed by atoms with Crippen LogP contribution in [0.3, 0.4) is 0 Å². The van der Waals surface area contributed by atoms with Gasteiger partial charge in [0.25, 0.3) is 0 Å². The third-order valence-electron chi connectivity index (χ3n) is 4.32.